The highest BCUT2D eigenvalue weighted by Crippen LogP contribution is 2.18. The number of hydrogen-bond acceptors (Lipinski definition) is 2. The third-order valence-corrected chi connectivity index (χ3v) is 3.60. The Bertz CT molecular complexity index is 371. The summed E-state index contributed by atoms with van der Waals surface area (Å²) >= 11 is 0. The van der Waals surface area contributed by atoms with Crippen LogP contribution >= 0.6 is 0 Å². The van der Waals surface area contributed by atoms with Gasteiger partial charge in [-0.2, -0.15) is 0 Å². The lowest BCUT2D eigenvalue weighted by Crippen LogP contribution is -2.40. The van der Waals surface area contributed by atoms with E-state index < -0.39 is 0 Å². The van der Waals surface area contributed by atoms with Crippen LogP contribution in [-0.2, 0) is 4.79 Å². The minimum absolute atomic E-state index is 0.112. The van der Waals surface area contributed by atoms with E-state index in [1.807, 2.05) is 30.3 Å². The molecule has 0 radical (unpaired) electrons. The molecule has 1 fully saturated rings. The Morgan fingerprint density at radius 3 is 2.83 bits per heavy atom. The molecule has 1 saturated heterocycles. The van der Waals surface area contributed by atoms with Crippen molar-refractivity contribution in [3.63, 3.8) is 0 Å². The van der Waals surface area contributed by atoms with Gasteiger partial charge in [0.1, 0.15) is 0 Å². The van der Waals surface area contributed by atoms with E-state index in [2.05, 4.69) is 17.6 Å². The van der Waals surface area contributed by atoms with Crippen LogP contribution in [0.4, 0.5) is 5.69 Å². The van der Waals surface area contributed by atoms with Crippen LogP contribution in [0.2, 0.25) is 0 Å². The summed E-state index contributed by atoms with van der Waals surface area (Å²) in [5.74, 6) is 0.509. The summed E-state index contributed by atoms with van der Waals surface area (Å²) in [6.45, 7) is 3.25. The summed E-state index contributed by atoms with van der Waals surface area (Å²) in [5, 5.41) is 6.45. The first-order valence-corrected chi connectivity index (χ1v) is 6.84. The van der Waals surface area contributed by atoms with Gasteiger partial charge in [0, 0.05) is 18.2 Å². The topological polar surface area (TPSA) is 41.1 Å². The monoisotopic (exact) mass is 246 g/mol. The summed E-state index contributed by atoms with van der Waals surface area (Å²) in [6, 6.07) is 10.1. The highest BCUT2D eigenvalue weighted by molar-refractivity contribution is 5.90. The van der Waals surface area contributed by atoms with Crippen LogP contribution in [0.5, 0.6) is 0 Å². The Hall–Kier alpha value is -1.35. The van der Waals surface area contributed by atoms with Crippen LogP contribution in [0.25, 0.3) is 0 Å². The standard InChI is InChI=1S/C15H22N2O/c1-12(14-9-5-6-10-16-14)11-15(18)17-13-7-3-2-4-8-13/h2-4,7-8,12,14,16H,5-6,9-11H2,1H3,(H,17,18). The van der Waals surface area contributed by atoms with Gasteiger partial charge in [-0.3, -0.25) is 4.79 Å². The average molecular weight is 246 g/mol. The first-order valence-electron chi connectivity index (χ1n) is 6.84. The lowest BCUT2D eigenvalue weighted by atomic mass is 9.91. The van der Waals surface area contributed by atoms with Gasteiger partial charge in [0.15, 0.2) is 0 Å². The number of hydrogen-bond donors (Lipinski definition) is 2. The molecule has 0 spiro atoms. The Morgan fingerprint density at radius 2 is 2.17 bits per heavy atom. The number of nitrogens with one attached hydrogen (secondary N) is 2. The van der Waals surface area contributed by atoms with Crippen molar-refractivity contribution < 1.29 is 4.79 Å². The average Bonchev–Trinajstić information content (AvgIpc) is 2.40. The fourth-order valence-corrected chi connectivity index (χ4v) is 2.53. The van der Waals surface area contributed by atoms with Crippen molar-refractivity contribution in [2.24, 2.45) is 5.92 Å². The predicted molar refractivity (Wildman–Crippen MR) is 74.5 cm³/mol. The molecule has 98 valence electrons. The number of carbonyl (C=O) groups is 1. The van der Waals surface area contributed by atoms with Crippen molar-refractivity contribution in [3.8, 4) is 0 Å². The van der Waals surface area contributed by atoms with Gasteiger partial charge in [0.25, 0.3) is 0 Å². The van der Waals surface area contributed by atoms with Crippen molar-refractivity contribution in [1.29, 1.82) is 0 Å². The zero-order valence-electron chi connectivity index (χ0n) is 11.0. The molecule has 18 heavy (non-hydrogen) atoms. The largest absolute Gasteiger partial charge is 0.326 e. The number of piperidine rings is 1. The molecule has 0 aliphatic carbocycles. The van der Waals surface area contributed by atoms with Crippen molar-refractivity contribution in [1.82, 2.24) is 5.32 Å². The molecule has 1 aromatic carbocycles. The number of para-hydroxylation sites is 1. The van der Waals surface area contributed by atoms with Crippen molar-refractivity contribution in [3.05, 3.63) is 30.3 Å². The molecule has 2 rings (SSSR count). The lowest BCUT2D eigenvalue weighted by molar-refractivity contribution is -0.117. The number of anilines is 1. The Labute approximate surface area is 109 Å². The molecule has 2 unspecified atom stereocenters. The molecule has 3 heteroatoms. The molecule has 0 aromatic heterocycles. The van der Waals surface area contributed by atoms with E-state index in [0.717, 1.165) is 12.2 Å². The lowest BCUT2D eigenvalue weighted by Gasteiger charge is -2.28. The third-order valence-electron chi connectivity index (χ3n) is 3.60. The number of carbonyl (C=O) groups excluding carboxylic acids is 1. The van der Waals surface area contributed by atoms with Crippen molar-refractivity contribution in [2.75, 3.05) is 11.9 Å². The van der Waals surface area contributed by atoms with Crippen LogP contribution in [-0.4, -0.2) is 18.5 Å². The maximum Gasteiger partial charge on any atom is 0.224 e. The summed E-state index contributed by atoms with van der Waals surface area (Å²) in [7, 11) is 0. The fraction of sp³-hybridized carbons (Fsp3) is 0.533. The molecule has 1 amide bonds. The maximum absolute atomic E-state index is 11.9. The van der Waals surface area contributed by atoms with Gasteiger partial charge in [-0.25, -0.2) is 0 Å². The van der Waals surface area contributed by atoms with Gasteiger partial charge in [-0.1, -0.05) is 31.5 Å². The molecule has 1 heterocycles. The summed E-state index contributed by atoms with van der Waals surface area (Å²) in [4.78, 5) is 11.9. The summed E-state index contributed by atoms with van der Waals surface area (Å²) in [5.41, 5.74) is 0.881. The molecular formula is C15H22N2O. The maximum atomic E-state index is 11.9. The van der Waals surface area contributed by atoms with Gasteiger partial charge >= 0.3 is 0 Å². The van der Waals surface area contributed by atoms with Gasteiger partial charge in [-0.05, 0) is 37.4 Å². The third kappa shape index (κ3) is 3.84. The highest BCUT2D eigenvalue weighted by Gasteiger charge is 2.21. The van der Waals surface area contributed by atoms with Crippen LogP contribution < -0.4 is 10.6 Å². The quantitative estimate of drug-likeness (QED) is 0.857. The Kier molecular flexibility index (Phi) is 4.76. The predicted octanol–water partition coefficient (Wildman–Crippen LogP) is 2.79. The van der Waals surface area contributed by atoms with E-state index >= 15 is 0 Å². The molecule has 3 nitrogen and oxygen atoms in total. The van der Waals surface area contributed by atoms with Crippen LogP contribution in [0.15, 0.2) is 30.3 Å². The second-order valence-corrected chi connectivity index (χ2v) is 5.15. The number of benzene rings is 1. The van der Waals surface area contributed by atoms with Crippen molar-refractivity contribution in [2.45, 2.75) is 38.6 Å². The SMILES string of the molecule is CC(CC(=O)Nc1ccccc1)C1CCCCN1. The van der Waals surface area contributed by atoms with E-state index in [4.69, 9.17) is 0 Å². The van der Waals surface area contributed by atoms with E-state index in [1.54, 1.807) is 0 Å². The molecule has 0 saturated carbocycles. The zero-order chi connectivity index (χ0) is 12.8. The molecule has 0 bridgehead atoms. The Balaban J connectivity index is 1.79. The zero-order valence-corrected chi connectivity index (χ0v) is 11.0. The van der Waals surface area contributed by atoms with E-state index in [1.165, 1.54) is 19.3 Å². The minimum Gasteiger partial charge on any atom is -0.326 e. The summed E-state index contributed by atoms with van der Waals surface area (Å²) < 4.78 is 0. The minimum atomic E-state index is 0.112. The van der Waals surface area contributed by atoms with Crippen molar-refractivity contribution >= 4 is 11.6 Å². The van der Waals surface area contributed by atoms with Crippen LogP contribution in [0.1, 0.15) is 32.6 Å². The van der Waals surface area contributed by atoms with E-state index in [-0.39, 0.29) is 5.91 Å². The van der Waals surface area contributed by atoms with E-state index in [9.17, 15) is 4.79 Å². The van der Waals surface area contributed by atoms with Crippen LogP contribution in [0, 0.1) is 5.92 Å². The fourth-order valence-electron chi connectivity index (χ4n) is 2.53. The van der Waals surface area contributed by atoms with E-state index in [0.29, 0.717) is 18.4 Å². The molecule has 2 atom stereocenters. The second-order valence-electron chi connectivity index (χ2n) is 5.15. The number of rotatable bonds is 4. The molecule has 1 aliphatic rings. The first kappa shape index (κ1) is 13.1. The van der Waals surface area contributed by atoms with Gasteiger partial charge in [-0.15, -0.1) is 0 Å². The van der Waals surface area contributed by atoms with Gasteiger partial charge < -0.3 is 10.6 Å². The molecule has 2 N–H and O–H groups in total. The smallest absolute Gasteiger partial charge is 0.224 e. The first-order chi connectivity index (χ1) is 8.75. The number of amides is 1. The molecule has 1 aliphatic heterocycles. The van der Waals surface area contributed by atoms with Gasteiger partial charge in [0.2, 0.25) is 5.91 Å². The molecule has 1 aromatic rings. The van der Waals surface area contributed by atoms with Crippen LogP contribution in [0.3, 0.4) is 0 Å². The van der Waals surface area contributed by atoms with Gasteiger partial charge in [0.05, 0.1) is 0 Å². The normalized spacial score (nSPS) is 21.3. The Morgan fingerprint density at radius 1 is 1.39 bits per heavy atom. The molecular weight excluding hydrogens is 224 g/mol. The highest BCUT2D eigenvalue weighted by atomic mass is 16.1. The summed E-state index contributed by atoms with van der Waals surface area (Å²) in [6.07, 6.45) is 4.33. The second kappa shape index (κ2) is 6.55.